The zero-order valence-corrected chi connectivity index (χ0v) is 10.2. The molecule has 96 valence electrons. The first kappa shape index (κ1) is 12.8. The molecule has 0 saturated carbocycles. The zero-order chi connectivity index (χ0) is 13.5. The van der Waals surface area contributed by atoms with E-state index in [4.69, 9.17) is 0 Å². The molecule has 0 aromatic heterocycles. The molecule has 0 saturated heterocycles. The van der Waals surface area contributed by atoms with Crippen LogP contribution in [0.15, 0.2) is 60.7 Å². The summed E-state index contributed by atoms with van der Waals surface area (Å²) in [4.78, 5) is 14.5. The summed E-state index contributed by atoms with van der Waals surface area (Å²) in [7, 11) is 0. The van der Waals surface area contributed by atoms with Crippen LogP contribution in [0.3, 0.4) is 0 Å². The van der Waals surface area contributed by atoms with Gasteiger partial charge in [0.25, 0.3) is 5.09 Å². The largest absolute Gasteiger partial charge is 0.299 e. The van der Waals surface area contributed by atoms with Gasteiger partial charge in [0.1, 0.15) is 5.75 Å². The average molecular weight is 255 g/mol. The lowest BCUT2D eigenvalue weighted by Gasteiger charge is -2.00. The van der Waals surface area contributed by atoms with Crippen molar-refractivity contribution in [1.29, 1.82) is 0 Å². The highest BCUT2D eigenvalue weighted by Gasteiger charge is 1.98. The van der Waals surface area contributed by atoms with Crippen molar-refractivity contribution < 1.29 is 9.92 Å². The van der Waals surface area contributed by atoms with Crippen LogP contribution in [0.2, 0.25) is 0 Å². The van der Waals surface area contributed by atoms with E-state index in [-0.39, 0.29) is 5.75 Å². The molecule has 0 radical (unpaired) electrons. The Kier molecular flexibility index (Phi) is 4.29. The Labute approximate surface area is 111 Å². The number of hydrogen-bond donors (Lipinski definition) is 0. The first-order valence-corrected chi connectivity index (χ1v) is 5.87. The van der Waals surface area contributed by atoms with Gasteiger partial charge in [0, 0.05) is 0 Å². The Morgan fingerprint density at radius 2 is 1.74 bits per heavy atom. The van der Waals surface area contributed by atoms with Crippen LogP contribution in [0.4, 0.5) is 0 Å². The Hall–Kier alpha value is -2.62. The van der Waals surface area contributed by atoms with Gasteiger partial charge in [-0.25, -0.2) is 0 Å². The van der Waals surface area contributed by atoms with Crippen molar-refractivity contribution in [3.63, 3.8) is 0 Å². The number of rotatable bonds is 5. The van der Waals surface area contributed by atoms with Crippen LogP contribution in [0.1, 0.15) is 11.1 Å². The summed E-state index contributed by atoms with van der Waals surface area (Å²) in [6.45, 7) is 0. The summed E-state index contributed by atoms with van der Waals surface area (Å²) in [6.07, 6.45) is 4.87. The first-order chi connectivity index (χ1) is 9.24. The van der Waals surface area contributed by atoms with Gasteiger partial charge in [-0.15, -0.1) is 10.1 Å². The monoisotopic (exact) mass is 255 g/mol. The maximum atomic E-state index is 10.2. The molecule has 2 rings (SSSR count). The van der Waals surface area contributed by atoms with Crippen molar-refractivity contribution in [2.45, 2.75) is 6.42 Å². The second-order valence-corrected chi connectivity index (χ2v) is 3.98. The normalized spacial score (nSPS) is 10.5. The number of hydrogen-bond acceptors (Lipinski definition) is 3. The lowest BCUT2D eigenvalue weighted by atomic mass is 10.1. The minimum Gasteiger partial charge on any atom is -0.276 e. The summed E-state index contributed by atoms with van der Waals surface area (Å²) >= 11 is 0. The molecule has 2 aromatic rings. The lowest BCUT2D eigenvalue weighted by Crippen LogP contribution is -2.03. The predicted molar refractivity (Wildman–Crippen MR) is 73.2 cm³/mol. The minimum absolute atomic E-state index is 0.237. The van der Waals surface area contributed by atoms with E-state index in [0.717, 1.165) is 17.5 Å². The van der Waals surface area contributed by atoms with E-state index in [1.807, 2.05) is 48.5 Å². The molecule has 0 aliphatic carbocycles. The van der Waals surface area contributed by atoms with E-state index in [1.54, 1.807) is 12.1 Å². The van der Waals surface area contributed by atoms with Crippen LogP contribution < -0.4 is 4.84 Å². The molecule has 0 aliphatic heterocycles. The SMILES string of the molecule is O=[N+]([O-])Oc1ccc(C/C=C\c2ccccc2)cc1. The highest BCUT2D eigenvalue weighted by Crippen LogP contribution is 2.13. The van der Waals surface area contributed by atoms with Crippen molar-refractivity contribution in [3.8, 4) is 5.75 Å². The van der Waals surface area contributed by atoms with E-state index in [1.165, 1.54) is 0 Å². The molecule has 19 heavy (non-hydrogen) atoms. The molecule has 0 heterocycles. The lowest BCUT2D eigenvalue weighted by molar-refractivity contribution is -0.711. The van der Waals surface area contributed by atoms with Gasteiger partial charge in [-0.05, 0) is 29.7 Å². The molecule has 0 amide bonds. The molecule has 2 aromatic carbocycles. The standard InChI is InChI=1S/C15H13NO3/c17-16(18)19-15-11-9-14(10-12-15)8-4-7-13-5-2-1-3-6-13/h1-7,9-12H,8H2/b7-4-. The maximum Gasteiger partial charge on any atom is 0.299 e. The summed E-state index contributed by atoms with van der Waals surface area (Å²) in [5.41, 5.74) is 2.22. The van der Waals surface area contributed by atoms with Crippen LogP contribution in [-0.2, 0) is 6.42 Å². The Bertz CT molecular complexity index is 562. The third-order valence-electron chi connectivity index (χ3n) is 2.57. The van der Waals surface area contributed by atoms with Crippen molar-refractivity contribution in [1.82, 2.24) is 0 Å². The second-order valence-electron chi connectivity index (χ2n) is 3.98. The fraction of sp³-hybridized carbons (Fsp3) is 0.0667. The van der Waals surface area contributed by atoms with Crippen LogP contribution in [0.5, 0.6) is 5.75 Å². The highest BCUT2D eigenvalue weighted by atomic mass is 17.0. The molecule has 0 bridgehead atoms. The van der Waals surface area contributed by atoms with Gasteiger partial charge in [0.15, 0.2) is 0 Å². The van der Waals surface area contributed by atoms with E-state index in [0.29, 0.717) is 0 Å². The summed E-state index contributed by atoms with van der Waals surface area (Å²) in [6, 6.07) is 16.8. The Morgan fingerprint density at radius 3 is 2.37 bits per heavy atom. The quantitative estimate of drug-likeness (QED) is 0.606. The number of allylic oxidation sites excluding steroid dienone is 1. The van der Waals surface area contributed by atoms with E-state index in [9.17, 15) is 10.1 Å². The van der Waals surface area contributed by atoms with Gasteiger partial charge in [-0.3, -0.25) is 4.84 Å². The van der Waals surface area contributed by atoms with Gasteiger partial charge >= 0.3 is 0 Å². The molecule has 0 unspecified atom stereocenters. The van der Waals surface area contributed by atoms with Crippen molar-refractivity contribution in [3.05, 3.63) is 81.9 Å². The smallest absolute Gasteiger partial charge is 0.276 e. The number of benzene rings is 2. The van der Waals surface area contributed by atoms with E-state index >= 15 is 0 Å². The highest BCUT2D eigenvalue weighted by molar-refractivity contribution is 5.49. The van der Waals surface area contributed by atoms with Crippen molar-refractivity contribution in [2.75, 3.05) is 0 Å². The molecule has 0 N–H and O–H groups in total. The molecule has 0 spiro atoms. The van der Waals surface area contributed by atoms with Crippen LogP contribution in [0, 0.1) is 10.1 Å². The fourth-order valence-corrected chi connectivity index (χ4v) is 1.67. The molecule has 0 fully saturated rings. The zero-order valence-electron chi connectivity index (χ0n) is 10.2. The predicted octanol–water partition coefficient (Wildman–Crippen LogP) is 3.51. The Balaban J connectivity index is 1.93. The Morgan fingerprint density at radius 1 is 1.05 bits per heavy atom. The van der Waals surface area contributed by atoms with Crippen molar-refractivity contribution in [2.24, 2.45) is 0 Å². The molecule has 0 aliphatic rings. The molecular formula is C15H13NO3. The number of nitrogens with zero attached hydrogens (tertiary/aromatic N) is 1. The van der Waals surface area contributed by atoms with E-state index < -0.39 is 5.09 Å². The molecule has 4 heteroatoms. The van der Waals surface area contributed by atoms with Crippen molar-refractivity contribution >= 4 is 6.08 Å². The van der Waals surface area contributed by atoms with Gasteiger partial charge < -0.3 is 0 Å². The van der Waals surface area contributed by atoms with Gasteiger partial charge in [-0.2, -0.15) is 0 Å². The molecule has 0 atom stereocenters. The van der Waals surface area contributed by atoms with Gasteiger partial charge in [-0.1, -0.05) is 54.6 Å². The molecular weight excluding hydrogens is 242 g/mol. The second kappa shape index (κ2) is 6.35. The third kappa shape index (κ3) is 4.27. The van der Waals surface area contributed by atoms with Crippen LogP contribution in [-0.4, -0.2) is 5.09 Å². The summed E-state index contributed by atoms with van der Waals surface area (Å²) < 4.78 is 0. The minimum atomic E-state index is -0.815. The topological polar surface area (TPSA) is 52.4 Å². The van der Waals surface area contributed by atoms with Gasteiger partial charge in [0.2, 0.25) is 0 Å². The summed E-state index contributed by atoms with van der Waals surface area (Å²) in [5.74, 6) is 0.237. The third-order valence-corrected chi connectivity index (χ3v) is 2.57. The molecule has 4 nitrogen and oxygen atoms in total. The fourth-order valence-electron chi connectivity index (χ4n) is 1.67. The van der Waals surface area contributed by atoms with E-state index in [2.05, 4.69) is 10.9 Å². The average Bonchev–Trinajstić information content (AvgIpc) is 2.41. The van der Waals surface area contributed by atoms with Crippen LogP contribution in [0.25, 0.3) is 6.08 Å². The van der Waals surface area contributed by atoms with Gasteiger partial charge in [0.05, 0.1) is 0 Å². The summed E-state index contributed by atoms with van der Waals surface area (Å²) in [5, 5.41) is 9.34. The maximum absolute atomic E-state index is 10.2. The first-order valence-electron chi connectivity index (χ1n) is 5.87. The van der Waals surface area contributed by atoms with Crippen LogP contribution >= 0.6 is 0 Å².